The van der Waals surface area contributed by atoms with E-state index in [4.69, 9.17) is 10.5 Å². The molecular formula is C19H12N6O. The summed E-state index contributed by atoms with van der Waals surface area (Å²) in [5.74, 6) is -0.154. The number of carbonyl (C=O) groups is 1. The fraction of sp³-hybridized carbons (Fsp3) is 0. The first kappa shape index (κ1) is 16.6. The number of aromatic nitrogens is 2. The standard InChI is InChI=1S/C19H12N6O/c20-11-13-4-6-15(7-5-13)23-18(26)17-8-9-22-19(25-17)24-16-3-1-2-14(10-16)12-21/h1-10H,(H,23,26)(H,22,24,25). The lowest BCUT2D eigenvalue weighted by atomic mass is 10.2. The average Bonchev–Trinajstić information content (AvgIpc) is 2.69. The Morgan fingerprint density at radius 3 is 2.42 bits per heavy atom. The molecule has 1 aromatic heterocycles. The van der Waals surface area contributed by atoms with Gasteiger partial charge in [-0.05, 0) is 48.5 Å². The molecule has 0 spiro atoms. The van der Waals surface area contributed by atoms with Crippen molar-refractivity contribution in [2.24, 2.45) is 0 Å². The van der Waals surface area contributed by atoms with Crippen LogP contribution in [0, 0.1) is 22.7 Å². The maximum atomic E-state index is 12.3. The van der Waals surface area contributed by atoms with Gasteiger partial charge in [-0.1, -0.05) is 6.07 Å². The zero-order valence-corrected chi connectivity index (χ0v) is 13.5. The molecule has 7 nitrogen and oxygen atoms in total. The molecule has 0 saturated carbocycles. The van der Waals surface area contributed by atoms with Crippen LogP contribution in [0.25, 0.3) is 0 Å². The number of benzene rings is 2. The molecule has 0 aliphatic heterocycles. The van der Waals surface area contributed by atoms with E-state index in [1.807, 2.05) is 6.07 Å². The van der Waals surface area contributed by atoms with Gasteiger partial charge in [-0.15, -0.1) is 0 Å². The Morgan fingerprint density at radius 2 is 1.69 bits per heavy atom. The van der Waals surface area contributed by atoms with Crippen LogP contribution in [0.3, 0.4) is 0 Å². The molecule has 0 aliphatic rings. The molecule has 26 heavy (non-hydrogen) atoms. The molecule has 7 heteroatoms. The first-order chi connectivity index (χ1) is 12.7. The Hall–Kier alpha value is -4.23. The van der Waals surface area contributed by atoms with Gasteiger partial charge in [0.1, 0.15) is 5.69 Å². The summed E-state index contributed by atoms with van der Waals surface area (Å²) in [6.07, 6.45) is 1.47. The van der Waals surface area contributed by atoms with E-state index in [1.165, 1.54) is 12.3 Å². The summed E-state index contributed by atoms with van der Waals surface area (Å²) in [5, 5.41) is 23.4. The number of carbonyl (C=O) groups excluding carboxylic acids is 1. The summed E-state index contributed by atoms with van der Waals surface area (Å²) in [5.41, 5.74) is 2.40. The highest BCUT2D eigenvalue weighted by Crippen LogP contribution is 2.15. The van der Waals surface area contributed by atoms with Gasteiger partial charge in [-0.3, -0.25) is 4.79 Å². The number of amides is 1. The largest absolute Gasteiger partial charge is 0.324 e. The van der Waals surface area contributed by atoms with E-state index < -0.39 is 5.91 Å². The number of nitrogens with one attached hydrogen (secondary N) is 2. The molecule has 0 radical (unpaired) electrons. The topological polar surface area (TPSA) is 114 Å². The van der Waals surface area contributed by atoms with Crippen LogP contribution in [0.2, 0.25) is 0 Å². The molecule has 0 saturated heterocycles. The minimum atomic E-state index is -0.397. The summed E-state index contributed by atoms with van der Waals surface area (Å²) in [6, 6.07) is 18.9. The molecule has 2 N–H and O–H groups in total. The summed E-state index contributed by atoms with van der Waals surface area (Å²) < 4.78 is 0. The van der Waals surface area contributed by atoms with Crippen molar-refractivity contribution in [1.82, 2.24) is 9.97 Å². The molecule has 3 rings (SSSR count). The Labute approximate surface area is 149 Å². The SMILES string of the molecule is N#Cc1ccc(NC(=O)c2ccnc(Nc3cccc(C#N)c3)n2)cc1. The van der Waals surface area contributed by atoms with E-state index >= 15 is 0 Å². The second-order valence-electron chi connectivity index (χ2n) is 5.23. The lowest BCUT2D eigenvalue weighted by Gasteiger charge is -2.07. The Bertz CT molecular complexity index is 1030. The van der Waals surface area contributed by atoms with Crippen molar-refractivity contribution >= 4 is 23.2 Å². The van der Waals surface area contributed by atoms with Crippen LogP contribution in [0.1, 0.15) is 21.6 Å². The third-order valence-electron chi connectivity index (χ3n) is 3.41. The van der Waals surface area contributed by atoms with Crippen molar-refractivity contribution in [3.63, 3.8) is 0 Å². The van der Waals surface area contributed by atoms with Gasteiger partial charge in [-0.25, -0.2) is 9.97 Å². The minimum absolute atomic E-state index is 0.184. The second kappa shape index (κ2) is 7.56. The highest BCUT2D eigenvalue weighted by atomic mass is 16.1. The van der Waals surface area contributed by atoms with E-state index in [2.05, 4.69) is 26.7 Å². The van der Waals surface area contributed by atoms with Crippen molar-refractivity contribution in [1.29, 1.82) is 10.5 Å². The summed E-state index contributed by atoms with van der Waals surface area (Å²) in [7, 11) is 0. The number of nitriles is 2. The minimum Gasteiger partial charge on any atom is -0.324 e. The molecule has 0 bridgehead atoms. The molecule has 1 amide bonds. The molecule has 124 valence electrons. The van der Waals surface area contributed by atoms with Crippen molar-refractivity contribution < 1.29 is 4.79 Å². The zero-order chi connectivity index (χ0) is 18.4. The average molecular weight is 340 g/mol. The predicted molar refractivity (Wildman–Crippen MR) is 95.6 cm³/mol. The summed E-state index contributed by atoms with van der Waals surface area (Å²) in [6.45, 7) is 0. The molecule has 2 aromatic carbocycles. The highest BCUT2D eigenvalue weighted by molar-refractivity contribution is 6.03. The van der Waals surface area contributed by atoms with E-state index in [-0.39, 0.29) is 11.6 Å². The van der Waals surface area contributed by atoms with Gasteiger partial charge < -0.3 is 10.6 Å². The zero-order valence-electron chi connectivity index (χ0n) is 13.5. The fourth-order valence-electron chi connectivity index (χ4n) is 2.16. The van der Waals surface area contributed by atoms with Crippen LogP contribution in [-0.4, -0.2) is 15.9 Å². The maximum Gasteiger partial charge on any atom is 0.274 e. The predicted octanol–water partition coefficient (Wildman–Crippen LogP) is 3.22. The van der Waals surface area contributed by atoms with Gasteiger partial charge in [0.2, 0.25) is 5.95 Å². The molecule has 1 heterocycles. The highest BCUT2D eigenvalue weighted by Gasteiger charge is 2.10. The number of rotatable bonds is 4. The van der Waals surface area contributed by atoms with Gasteiger partial charge in [0.15, 0.2) is 0 Å². The number of hydrogen-bond acceptors (Lipinski definition) is 6. The van der Waals surface area contributed by atoms with Crippen molar-refractivity contribution in [2.45, 2.75) is 0 Å². The van der Waals surface area contributed by atoms with Crippen LogP contribution in [0.15, 0.2) is 60.8 Å². The Balaban J connectivity index is 1.74. The molecule has 0 aliphatic carbocycles. The third-order valence-corrected chi connectivity index (χ3v) is 3.41. The smallest absolute Gasteiger partial charge is 0.274 e. The quantitative estimate of drug-likeness (QED) is 0.753. The first-order valence-corrected chi connectivity index (χ1v) is 7.60. The van der Waals surface area contributed by atoms with Crippen molar-refractivity contribution in [3.05, 3.63) is 77.6 Å². The van der Waals surface area contributed by atoms with Crippen LogP contribution in [0.4, 0.5) is 17.3 Å². The van der Waals surface area contributed by atoms with Gasteiger partial charge in [-0.2, -0.15) is 10.5 Å². The van der Waals surface area contributed by atoms with Crippen molar-refractivity contribution in [3.8, 4) is 12.1 Å². The molecule has 0 atom stereocenters. The van der Waals surface area contributed by atoms with Crippen LogP contribution >= 0.6 is 0 Å². The monoisotopic (exact) mass is 340 g/mol. The number of anilines is 3. The van der Waals surface area contributed by atoms with Crippen LogP contribution < -0.4 is 10.6 Å². The molecular weight excluding hydrogens is 328 g/mol. The van der Waals surface area contributed by atoms with Gasteiger partial charge in [0.25, 0.3) is 5.91 Å². The van der Waals surface area contributed by atoms with Crippen LogP contribution in [0.5, 0.6) is 0 Å². The lowest BCUT2D eigenvalue weighted by molar-refractivity contribution is 0.102. The van der Waals surface area contributed by atoms with E-state index in [0.717, 1.165) is 0 Å². The Kier molecular flexibility index (Phi) is 4.83. The lowest BCUT2D eigenvalue weighted by Crippen LogP contribution is -2.14. The van der Waals surface area contributed by atoms with E-state index in [0.29, 0.717) is 22.5 Å². The molecule has 0 unspecified atom stereocenters. The van der Waals surface area contributed by atoms with Crippen LogP contribution in [-0.2, 0) is 0 Å². The summed E-state index contributed by atoms with van der Waals surface area (Å²) >= 11 is 0. The maximum absolute atomic E-state index is 12.3. The molecule has 3 aromatic rings. The number of hydrogen-bond donors (Lipinski definition) is 2. The number of nitrogens with zero attached hydrogens (tertiary/aromatic N) is 4. The second-order valence-corrected chi connectivity index (χ2v) is 5.23. The molecule has 0 fully saturated rings. The Morgan fingerprint density at radius 1 is 0.923 bits per heavy atom. The van der Waals surface area contributed by atoms with E-state index in [9.17, 15) is 4.79 Å². The van der Waals surface area contributed by atoms with Crippen molar-refractivity contribution in [2.75, 3.05) is 10.6 Å². The fourth-order valence-corrected chi connectivity index (χ4v) is 2.16. The summed E-state index contributed by atoms with van der Waals surface area (Å²) in [4.78, 5) is 20.6. The van der Waals surface area contributed by atoms with Gasteiger partial charge in [0.05, 0.1) is 23.3 Å². The van der Waals surface area contributed by atoms with E-state index in [1.54, 1.807) is 48.5 Å². The first-order valence-electron chi connectivity index (χ1n) is 7.60. The normalized spacial score (nSPS) is 9.62. The van der Waals surface area contributed by atoms with Gasteiger partial charge in [0, 0.05) is 17.6 Å². The third kappa shape index (κ3) is 3.99. The van der Waals surface area contributed by atoms with Gasteiger partial charge >= 0.3 is 0 Å².